The van der Waals surface area contributed by atoms with Gasteiger partial charge in [-0.05, 0) is 110 Å². The van der Waals surface area contributed by atoms with Gasteiger partial charge in [-0.25, -0.2) is 0 Å². The molecule has 12 atom stereocenters. The van der Waals surface area contributed by atoms with Gasteiger partial charge in [-0.1, -0.05) is 139 Å². The molecule has 3 aromatic carbocycles. The summed E-state index contributed by atoms with van der Waals surface area (Å²) in [6.45, 7) is 27.1. The summed E-state index contributed by atoms with van der Waals surface area (Å²) in [6, 6.07) is 32.0. The second-order valence-corrected chi connectivity index (χ2v) is 34.3. The Balaban J connectivity index is 1.09. The van der Waals surface area contributed by atoms with E-state index < -0.39 is 52.3 Å². The molecule has 4 aliphatic rings. The number of Topliss-reactive ketones (excluding diaryl/α,β-unsaturated/α-hetero) is 1. The summed E-state index contributed by atoms with van der Waals surface area (Å²) in [6.07, 6.45) is 3.58. The smallest absolute Gasteiger partial charge is 0.261 e. The number of ether oxygens (including phenoxy) is 9. The van der Waals surface area contributed by atoms with Crippen molar-refractivity contribution in [1.29, 1.82) is 0 Å². The Labute approximate surface area is 459 Å². The first-order valence-electron chi connectivity index (χ1n) is 28.6. The molecule has 4 saturated heterocycles. The van der Waals surface area contributed by atoms with Gasteiger partial charge in [0.15, 0.2) is 14.1 Å². The van der Waals surface area contributed by atoms with E-state index in [4.69, 9.17) is 51.5 Å². The van der Waals surface area contributed by atoms with E-state index in [1.807, 2.05) is 18.2 Å². The molecule has 4 aliphatic heterocycles. The van der Waals surface area contributed by atoms with Crippen LogP contribution in [0.5, 0.6) is 0 Å². The summed E-state index contributed by atoms with van der Waals surface area (Å²) in [5.74, 6) is 0.269. The van der Waals surface area contributed by atoms with Crippen LogP contribution in [-0.2, 0) is 62.9 Å². The molecule has 4 fully saturated rings. The van der Waals surface area contributed by atoms with Gasteiger partial charge in [-0.15, -0.1) is 0 Å². The topological polar surface area (TPSA) is 119 Å². The van der Waals surface area contributed by atoms with Crippen LogP contribution in [0.3, 0.4) is 0 Å². The first kappa shape index (κ1) is 61.0. The van der Waals surface area contributed by atoms with Gasteiger partial charge in [0.1, 0.15) is 25.8 Å². The van der Waals surface area contributed by atoms with Crippen molar-refractivity contribution in [2.45, 2.75) is 229 Å². The lowest BCUT2D eigenvalue weighted by Gasteiger charge is -2.47. The van der Waals surface area contributed by atoms with Gasteiger partial charge < -0.3 is 51.5 Å². The zero-order valence-corrected chi connectivity index (χ0v) is 50.6. The maximum absolute atomic E-state index is 14.6. The fourth-order valence-corrected chi connectivity index (χ4v) is 18.6. The Morgan fingerprint density at radius 2 is 1.32 bits per heavy atom. The third-order valence-corrected chi connectivity index (χ3v) is 27.1. The molecule has 0 aliphatic carbocycles. The molecular formula is C62H96O12Si2. The largest absolute Gasteiger partial charge is 0.409 e. The number of benzene rings is 3. The lowest BCUT2D eigenvalue weighted by atomic mass is 9.80. The molecule has 4 heterocycles. The SMILES string of the molecule is COCO[C@H]1[C@@H](OCOC)C[C@@]2(C)O[C@@H](CCCOCc3ccccc3)[C@@H](C)C[C@@H]2O[C@@H]1C[C@@H]1O[C@@H]2CC[C@](C)(O[Si](C)(C)C(C)(C)C)[C@H](CCCO[Si](c3ccccc3)(c3ccccc3)C(C)(C)C)O[C@H]2CCC1=O. The maximum atomic E-state index is 14.6. The van der Waals surface area contributed by atoms with E-state index in [1.54, 1.807) is 14.2 Å². The average molecular weight is 1090 g/mol. The van der Waals surface area contributed by atoms with Crippen LogP contribution in [0.4, 0.5) is 0 Å². The Morgan fingerprint density at radius 3 is 1.93 bits per heavy atom. The lowest BCUT2D eigenvalue weighted by molar-refractivity contribution is -0.231. The third-order valence-electron chi connectivity index (χ3n) is 17.5. The number of rotatable bonds is 23. The molecule has 3 aromatic rings. The summed E-state index contributed by atoms with van der Waals surface area (Å²) in [5.41, 5.74) is -0.133. The summed E-state index contributed by atoms with van der Waals surface area (Å²) >= 11 is 0. The monoisotopic (exact) mass is 1090 g/mol. The number of hydrogen-bond donors (Lipinski definition) is 0. The van der Waals surface area contributed by atoms with Gasteiger partial charge in [0.2, 0.25) is 0 Å². The van der Waals surface area contributed by atoms with Crippen LogP contribution in [0.25, 0.3) is 0 Å². The van der Waals surface area contributed by atoms with Crippen LogP contribution < -0.4 is 10.4 Å². The molecule has 0 radical (unpaired) electrons. The lowest BCUT2D eigenvalue weighted by Crippen LogP contribution is -2.66. The first-order chi connectivity index (χ1) is 36.1. The number of ketones is 1. The average Bonchev–Trinajstić information content (AvgIpc) is 3.67. The molecule has 12 nitrogen and oxygen atoms in total. The van der Waals surface area contributed by atoms with E-state index in [1.165, 1.54) is 15.9 Å². The van der Waals surface area contributed by atoms with E-state index in [2.05, 4.69) is 148 Å². The molecule has 0 aromatic heterocycles. The molecule has 0 spiro atoms. The molecule has 0 unspecified atom stereocenters. The van der Waals surface area contributed by atoms with Crippen LogP contribution >= 0.6 is 0 Å². The molecule has 76 heavy (non-hydrogen) atoms. The van der Waals surface area contributed by atoms with Crippen LogP contribution in [0, 0.1) is 5.92 Å². The highest BCUT2D eigenvalue weighted by Gasteiger charge is 2.55. The Bertz CT molecular complexity index is 2170. The highest BCUT2D eigenvalue weighted by atomic mass is 28.4. The molecular weight excluding hydrogens is 993 g/mol. The Morgan fingerprint density at radius 1 is 0.711 bits per heavy atom. The number of carbonyl (C=O) groups excluding carboxylic acids is 1. The van der Waals surface area contributed by atoms with Crippen molar-refractivity contribution in [3.63, 3.8) is 0 Å². The predicted molar refractivity (Wildman–Crippen MR) is 304 cm³/mol. The zero-order valence-electron chi connectivity index (χ0n) is 48.6. The fourth-order valence-electron chi connectivity index (χ4n) is 12.3. The Kier molecular flexibility index (Phi) is 21.4. The molecule has 0 saturated carbocycles. The van der Waals surface area contributed by atoms with Crippen LogP contribution in [0.15, 0.2) is 91.0 Å². The minimum atomic E-state index is -2.75. The molecule has 0 N–H and O–H groups in total. The van der Waals surface area contributed by atoms with Crippen molar-refractivity contribution in [3.05, 3.63) is 96.6 Å². The minimum absolute atomic E-state index is 0.00668. The quantitative estimate of drug-likeness (QED) is 0.0511. The van der Waals surface area contributed by atoms with Crippen molar-refractivity contribution >= 4 is 32.8 Å². The standard InChI is InChI=1S/C62H96O12Si2/c1-45-39-57-62(9,73-50(45)31-23-37-66-42-46-25-17-14-18-26-46)41-55(67-43-64-10)58(68-44-65-11)54(72-57)40-53-49(63)33-34-51-52(70-53)35-36-61(8,74-75(12,13)59(2,3)4)56(71-51)32-24-38-69-76(60(5,6)7,47-27-19-15-20-28-47)48-29-21-16-22-30-48/h14-22,25-30,45,50-58H,23-24,31-44H2,1-13H3/t45-,50-,51-,52+,53-,54+,55-,56-,57-,58+,61-,62+/m0/s1. The van der Waals surface area contributed by atoms with Gasteiger partial charge >= 0.3 is 0 Å². The van der Waals surface area contributed by atoms with Crippen molar-refractivity contribution in [1.82, 2.24) is 0 Å². The first-order valence-corrected chi connectivity index (χ1v) is 33.4. The molecule has 424 valence electrons. The van der Waals surface area contributed by atoms with E-state index in [9.17, 15) is 4.79 Å². The zero-order chi connectivity index (χ0) is 54.8. The second-order valence-electron chi connectivity index (χ2n) is 25.3. The van der Waals surface area contributed by atoms with E-state index in [-0.39, 0.29) is 72.3 Å². The maximum Gasteiger partial charge on any atom is 0.261 e. The molecule has 0 bridgehead atoms. The number of fused-ring (bicyclic) bond motifs is 2. The normalized spacial score (nSPS) is 30.9. The highest BCUT2D eigenvalue weighted by Crippen LogP contribution is 2.47. The van der Waals surface area contributed by atoms with Crippen LogP contribution in [-0.4, -0.2) is 130 Å². The van der Waals surface area contributed by atoms with Crippen molar-refractivity contribution in [2.24, 2.45) is 5.92 Å². The Hall–Kier alpha value is -2.68. The van der Waals surface area contributed by atoms with E-state index in [0.29, 0.717) is 45.5 Å². The van der Waals surface area contributed by atoms with Crippen molar-refractivity contribution in [3.8, 4) is 0 Å². The summed E-state index contributed by atoms with van der Waals surface area (Å²) < 4.78 is 74.0. The van der Waals surface area contributed by atoms with E-state index in [0.717, 1.165) is 38.5 Å². The van der Waals surface area contributed by atoms with Crippen molar-refractivity contribution in [2.75, 3.05) is 41.0 Å². The summed E-state index contributed by atoms with van der Waals surface area (Å²) in [5, 5.41) is 2.38. The van der Waals surface area contributed by atoms with Crippen molar-refractivity contribution < 1.29 is 56.3 Å². The number of carbonyl (C=O) groups is 1. The highest BCUT2D eigenvalue weighted by molar-refractivity contribution is 6.99. The minimum Gasteiger partial charge on any atom is -0.409 e. The van der Waals surface area contributed by atoms with Gasteiger partial charge in [-0.2, -0.15) is 0 Å². The number of hydrogen-bond acceptors (Lipinski definition) is 12. The van der Waals surface area contributed by atoms with Gasteiger partial charge in [0.05, 0.1) is 60.5 Å². The predicted octanol–water partition coefficient (Wildman–Crippen LogP) is 11.5. The van der Waals surface area contributed by atoms with Gasteiger partial charge in [0, 0.05) is 46.7 Å². The van der Waals surface area contributed by atoms with Gasteiger partial charge in [0.25, 0.3) is 8.32 Å². The second kappa shape index (κ2) is 26.7. The van der Waals surface area contributed by atoms with Crippen LogP contribution in [0.1, 0.15) is 139 Å². The fraction of sp³-hybridized carbons (Fsp3) is 0.694. The number of methoxy groups -OCH3 is 2. The molecule has 7 rings (SSSR count). The van der Waals surface area contributed by atoms with Gasteiger partial charge in [-0.3, -0.25) is 4.79 Å². The third kappa shape index (κ3) is 14.8. The van der Waals surface area contributed by atoms with Crippen LogP contribution in [0.2, 0.25) is 23.2 Å². The van der Waals surface area contributed by atoms with E-state index >= 15 is 0 Å². The summed E-state index contributed by atoms with van der Waals surface area (Å²) in [4.78, 5) is 14.6. The summed E-state index contributed by atoms with van der Waals surface area (Å²) in [7, 11) is -1.82. The molecule has 14 heteroatoms. The molecule has 0 amide bonds.